The predicted octanol–water partition coefficient (Wildman–Crippen LogP) is 1.74. The summed E-state index contributed by atoms with van der Waals surface area (Å²) in [6.07, 6.45) is 0.173. The maximum atomic E-state index is 10.6. The van der Waals surface area contributed by atoms with E-state index in [1.807, 2.05) is 24.3 Å². The van der Waals surface area contributed by atoms with Crippen LogP contribution < -0.4 is 4.74 Å². The van der Waals surface area contributed by atoms with E-state index in [4.69, 9.17) is 9.84 Å². The standard InChI is InChI=1S/C13H17NO3/c1-10-9-17-12-5-3-2-4-11(12)8-14(10)7-6-13(15)16/h2-5,10H,6-9H2,1H3,(H,15,16). The third-order valence-corrected chi connectivity index (χ3v) is 3.06. The maximum absolute atomic E-state index is 10.6. The van der Waals surface area contributed by atoms with Crippen LogP contribution >= 0.6 is 0 Å². The first-order valence-electron chi connectivity index (χ1n) is 5.83. The van der Waals surface area contributed by atoms with E-state index < -0.39 is 5.97 Å². The molecule has 0 spiro atoms. The van der Waals surface area contributed by atoms with Crippen LogP contribution in [0.25, 0.3) is 0 Å². The van der Waals surface area contributed by atoms with Crippen LogP contribution in [-0.4, -0.2) is 35.2 Å². The summed E-state index contributed by atoms with van der Waals surface area (Å²) in [6.45, 7) is 3.99. The van der Waals surface area contributed by atoms with E-state index >= 15 is 0 Å². The molecule has 4 nitrogen and oxygen atoms in total. The molecule has 0 radical (unpaired) electrons. The van der Waals surface area contributed by atoms with Gasteiger partial charge in [-0.2, -0.15) is 0 Å². The molecule has 1 atom stereocenters. The van der Waals surface area contributed by atoms with E-state index in [1.54, 1.807) is 0 Å². The van der Waals surface area contributed by atoms with Gasteiger partial charge in [-0.05, 0) is 13.0 Å². The van der Waals surface area contributed by atoms with E-state index in [-0.39, 0.29) is 12.5 Å². The second kappa shape index (κ2) is 5.19. The summed E-state index contributed by atoms with van der Waals surface area (Å²) >= 11 is 0. The predicted molar refractivity (Wildman–Crippen MR) is 64.1 cm³/mol. The first-order valence-corrected chi connectivity index (χ1v) is 5.83. The SMILES string of the molecule is CC1COc2ccccc2CN1CCC(=O)O. The first kappa shape index (κ1) is 11.9. The molecule has 17 heavy (non-hydrogen) atoms. The van der Waals surface area contributed by atoms with Gasteiger partial charge in [-0.1, -0.05) is 18.2 Å². The minimum absolute atomic E-state index is 0.173. The van der Waals surface area contributed by atoms with Crippen LogP contribution in [0.1, 0.15) is 18.9 Å². The highest BCUT2D eigenvalue weighted by Gasteiger charge is 2.21. The number of hydrogen-bond acceptors (Lipinski definition) is 3. The van der Waals surface area contributed by atoms with Crippen molar-refractivity contribution in [2.45, 2.75) is 25.9 Å². The summed E-state index contributed by atoms with van der Waals surface area (Å²) in [5.74, 6) is 0.160. The third-order valence-electron chi connectivity index (χ3n) is 3.06. The lowest BCUT2D eigenvalue weighted by atomic mass is 10.1. The number of carboxylic acid groups (broad SMARTS) is 1. The van der Waals surface area contributed by atoms with Crippen LogP contribution in [-0.2, 0) is 11.3 Å². The molecule has 0 fully saturated rings. The molecule has 2 rings (SSSR count). The molecule has 1 aromatic rings. The van der Waals surface area contributed by atoms with Gasteiger partial charge in [-0.15, -0.1) is 0 Å². The summed E-state index contributed by atoms with van der Waals surface area (Å²) in [4.78, 5) is 12.8. The smallest absolute Gasteiger partial charge is 0.304 e. The molecule has 4 heteroatoms. The molecule has 1 aliphatic rings. The van der Waals surface area contributed by atoms with Crippen LogP contribution in [0.3, 0.4) is 0 Å². The van der Waals surface area contributed by atoms with Crippen molar-refractivity contribution in [2.75, 3.05) is 13.2 Å². The number of fused-ring (bicyclic) bond motifs is 1. The Labute approximate surface area is 101 Å². The third kappa shape index (κ3) is 2.97. The molecule has 0 saturated carbocycles. The van der Waals surface area contributed by atoms with Crippen molar-refractivity contribution in [3.8, 4) is 5.75 Å². The van der Waals surface area contributed by atoms with Gasteiger partial charge in [-0.25, -0.2) is 0 Å². The zero-order valence-corrected chi connectivity index (χ0v) is 9.93. The molecule has 1 N–H and O–H groups in total. The molecular formula is C13H17NO3. The van der Waals surface area contributed by atoms with E-state index in [2.05, 4.69) is 11.8 Å². The van der Waals surface area contributed by atoms with Gasteiger partial charge in [0.25, 0.3) is 0 Å². The Bertz CT molecular complexity index is 405. The van der Waals surface area contributed by atoms with Crippen molar-refractivity contribution in [2.24, 2.45) is 0 Å². The summed E-state index contributed by atoms with van der Waals surface area (Å²) in [6, 6.07) is 8.16. The number of carboxylic acids is 1. The second-order valence-corrected chi connectivity index (χ2v) is 4.38. The quantitative estimate of drug-likeness (QED) is 0.867. The minimum Gasteiger partial charge on any atom is -0.492 e. The summed E-state index contributed by atoms with van der Waals surface area (Å²) in [5.41, 5.74) is 1.13. The molecule has 1 aliphatic heterocycles. The van der Waals surface area contributed by atoms with Crippen molar-refractivity contribution in [3.05, 3.63) is 29.8 Å². The molecule has 0 aromatic heterocycles. The van der Waals surface area contributed by atoms with Crippen molar-refractivity contribution >= 4 is 5.97 Å². The zero-order valence-electron chi connectivity index (χ0n) is 9.93. The van der Waals surface area contributed by atoms with E-state index in [1.165, 1.54) is 0 Å². The van der Waals surface area contributed by atoms with Gasteiger partial charge in [0.1, 0.15) is 12.4 Å². The molecular weight excluding hydrogens is 218 g/mol. The Morgan fingerprint density at radius 1 is 1.53 bits per heavy atom. The summed E-state index contributed by atoms with van der Waals surface area (Å²) in [7, 11) is 0. The largest absolute Gasteiger partial charge is 0.492 e. The molecule has 0 amide bonds. The van der Waals surface area contributed by atoms with Crippen LogP contribution in [0.15, 0.2) is 24.3 Å². The Kier molecular flexibility index (Phi) is 3.64. The Morgan fingerprint density at radius 3 is 3.06 bits per heavy atom. The van der Waals surface area contributed by atoms with Crippen LogP contribution in [0.4, 0.5) is 0 Å². The number of hydrogen-bond donors (Lipinski definition) is 1. The van der Waals surface area contributed by atoms with Crippen molar-refractivity contribution in [3.63, 3.8) is 0 Å². The number of para-hydroxylation sites is 1. The second-order valence-electron chi connectivity index (χ2n) is 4.38. The average molecular weight is 235 g/mol. The molecule has 1 aromatic carbocycles. The topological polar surface area (TPSA) is 49.8 Å². The zero-order chi connectivity index (χ0) is 12.3. The molecule has 92 valence electrons. The molecule has 0 aliphatic carbocycles. The Morgan fingerprint density at radius 2 is 2.29 bits per heavy atom. The van der Waals surface area contributed by atoms with Gasteiger partial charge in [-0.3, -0.25) is 9.69 Å². The molecule has 0 bridgehead atoms. The highest BCUT2D eigenvalue weighted by Crippen LogP contribution is 2.24. The fraction of sp³-hybridized carbons (Fsp3) is 0.462. The lowest BCUT2D eigenvalue weighted by Gasteiger charge is -2.25. The van der Waals surface area contributed by atoms with E-state index in [0.29, 0.717) is 13.2 Å². The van der Waals surface area contributed by atoms with Gasteiger partial charge >= 0.3 is 5.97 Å². The van der Waals surface area contributed by atoms with Gasteiger partial charge in [0, 0.05) is 24.7 Å². The number of ether oxygens (including phenoxy) is 1. The highest BCUT2D eigenvalue weighted by molar-refractivity contribution is 5.66. The number of nitrogens with zero attached hydrogens (tertiary/aromatic N) is 1. The molecule has 0 saturated heterocycles. The maximum Gasteiger partial charge on any atom is 0.304 e. The lowest BCUT2D eigenvalue weighted by molar-refractivity contribution is -0.137. The summed E-state index contributed by atoms with van der Waals surface area (Å²) < 4.78 is 5.71. The summed E-state index contributed by atoms with van der Waals surface area (Å²) in [5, 5.41) is 8.74. The van der Waals surface area contributed by atoms with Crippen molar-refractivity contribution < 1.29 is 14.6 Å². The van der Waals surface area contributed by atoms with E-state index in [0.717, 1.165) is 17.9 Å². The Hall–Kier alpha value is -1.55. The van der Waals surface area contributed by atoms with Crippen LogP contribution in [0.5, 0.6) is 5.75 Å². The van der Waals surface area contributed by atoms with Crippen molar-refractivity contribution in [1.29, 1.82) is 0 Å². The molecule has 1 unspecified atom stereocenters. The number of benzene rings is 1. The number of aliphatic carboxylic acids is 1. The normalized spacial score (nSPS) is 20.2. The van der Waals surface area contributed by atoms with Gasteiger partial charge in [0.2, 0.25) is 0 Å². The van der Waals surface area contributed by atoms with Gasteiger partial charge < -0.3 is 9.84 Å². The fourth-order valence-corrected chi connectivity index (χ4v) is 2.00. The highest BCUT2D eigenvalue weighted by atomic mass is 16.5. The first-order chi connectivity index (χ1) is 8.16. The lowest BCUT2D eigenvalue weighted by Crippen LogP contribution is -2.36. The van der Waals surface area contributed by atoms with E-state index in [9.17, 15) is 4.79 Å². The van der Waals surface area contributed by atoms with Gasteiger partial charge in [0.05, 0.1) is 6.42 Å². The Balaban J connectivity index is 2.10. The number of rotatable bonds is 3. The fourth-order valence-electron chi connectivity index (χ4n) is 2.00. The van der Waals surface area contributed by atoms with Crippen molar-refractivity contribution in [1.82, 2.24) is 4.90 Å². The number of carbonyl (C=O) groups is 1. The monoisotopic (exact) mass is 235 g/mol. The van der Waals surface area contributed by atoms with Crippen LogP contribution in [0.2, 0.25) is 0 Å². The van der Waals surface area contributed by atoms with Gasteiger partial charge in [0.15, 0.2) is 0 Å². The average Bonchev–Trinajstić information content (AvgIpc) is 2.47. The van der Waals surface area contributed by atoms with Crippen LogP contribution in [0, 0.1) is 0 Å². The minimum atomic E-state index is -0.754. The molecule has 1 heterocycles.